The maximum atomic E-state index is 13.0. The van der Waals surface area contributed by atoms with E-state index in [9.17, 15) is 4.79 Å². The van der Waals surface area contributed by atoms with Crippen LogP contribution in [0.25, 0.3) is 0 Å². The Bertz CT molecular complexity index is 1020. The number of aryl methyl sites for hydroxylation is 1. The van der Waals surface area contributed by atoms with Crippen molar-refractivity contribution in [1.82, 2.24) is 10.3 Å². The summed E-state index contributed by atoms with van der Waals surface area (Å²) >= 11 is 0. The van der Waals surface area contributed by atoms with E-state index in [2.05, 4.69) is 15.6 Å². The first-order valence-electron chi connectivity index (χ1n) is 9.78. The third-order valence-corrected chi connectivity index (χ3v) is 5.03. The molecular formula is C23H24N4O2. The molecular weight excluding hydrogens is 364 g/mol. The second-order valence-corrected chi connectivity index (χ2v) is 7.00. The molecule has 0 saturated heterocycles. The fraction of sp³-hybridized carbons (Fsp3) is 0.217. The first-order valence-corrected chi connectivity index (χ1v) is 9.78. The van der Waals surface area contributed by atoms with Gasteiger partial charge in [-0.3, -0.25) is 4.79 Å². The summed E-state index contributed by atoms with van der Waals surface area (Å²) in [7, 11) is 0. The van der Waals surface area contributed by atoms with Crippen LogP contribution in [0.2, 0.25) is 0 Å². The lowest BCUT2D eigenvalue weighted by Gasteiger charge is -2.16. The third kappa shape index (κ3) is 4.16. The molecule has 0 radical (unpaired) electrons. The molecule has 0 saturated carbocycles. The van der Waals surface area contributed by atoms with Crippen LogP contribution in [-0.2, 0) is 6.42 Å². The zero-order valence-electron chi connectivity index (χ0n) is 16.3. The van der Waals surface area contributed by atoms with Gasteiger partial charge < -0.3 is 21.1 Å². The summed E-state index contributed by atoms with van der Waals surface area (Å²) in [6.07, 6.45) is 3.45. The molecule has 1 amide bonds. The Morgan fingerprint density at radius 1 is 1.21 bits per heavy atom. The van der Waals surface area contributed by atoms with Gasteiger partial charge in [-0.1, -0.05) is 6.07 Å². The van der Waals surface area contributed by atoms with Gasteiger partial charge in [0.05, 0.1) is 18.2 Å². The number of hydrogen-bond acceptors (Lipinski definition) is 5. The molecule has 6 heteroatoms. The average molecular weight is 388 g/mol. The summed E-state index contributed by atoms with van der Waals surface area (Å²) in [6, 6.07) is 17.0. The quantitative estimate of drug-likeness (QED) is 0.550. The van der Waals surface area contributed by atoms with Gasteiger partial charge in [0, 0.05) is 17.6 Å². The Balaban J connectivity index is 1.50. The van der Waals surface area contributed by atoms with E-state index in [1.807, 2.05) is 49.4 Å². The van der Waals surface area contributed by atoms with Crippen LogP contribution in [0.1, 0.15) is 40.9 Å². The van der Waals surface area contributed by atoms with Crippen LogP contribution in [-0.4, -0.2) is 17.5 Å². The Hall–Kier alpha value is -3.54. The lowest BCUT2D eigenvalue weighted by molar-refractivity contribution is 0.0937. The summed E-state index contributed by atoms with van der Waals surface area (Å²) in [5, 5.41) is 6.37. The van der Waals surface area contributed by atoms with Gasteiger partial charge in [0.1, 0.15) is 11.6 Å². The number of hydrogen-bond donors (Lipinski definition) is 3. The molecule has 148 valence electrons. The minimum atomic E-state index is -0.152. The summed E-state index contributed by atoms with van der Waals surface area (Å²) in [5.74, 6) is 1.17. The van der Waals surface area contributed by atoms with Gasteiger partial charge >= 0.3 is 0 Å². The van der Waals surface area contributed by atoms with Gasteiger partial charge in [0.15, 0.2) is 0 Å². The number of nitrogens with one attached hydrogen (secondary N) is 2. The monoisotopic (exact) mass is 388 g/mol. The van der Waals surface area contributed by atoms with Crippen LogP contribution in [0.5, 0.6) is 5.75 Å². The van der Waals surface area contributed by atoms with Crippen molar-refractivity contribution in [3.05, 3.63) is 77.5 Å². The zero-order chi connectivity index (χ0) is 20.2. The number of amides is 1. The molecule has 1 aromatic heterocycles. The van der Waals surface area contributed by atoms with Crippen molar-refractivity contribution in [2.24, 2.45) is 0 Å². The van der Waals surface area contributed by atoms with E-state index in [0.717, 1.165) is 35.5 Å². The standard InChI is InChI=1S/C23H24N4O2/c1-2-29-18-9-7-17(8-10-18)26-22-20(4-3-13-25-22)23(28)27-21-12-5-15-14-16(24)6-11-19(15)21/h3-4,6-11,13-14,21H,2,5,12,24H2,1H3,(H,25,26)(H,27,28). The Kier molecular flexibility index (Phi) is 5.33. The predicted molar refractivity (Wildman–Crippen MR) is 115 cm³/mol. The average Bonchev–Trinajstić information content (AvgIpc) is 3.11. The third-order valence-electron chi connectivity index (χ3n) is 5.03. The van der Waals surface area contributed by atoms with Crippen LogP contribution in [0, 0.1) is 0 Å². The summed E-state index contributed by atoms with van der Waals surface area (Å²) in [6.45, 7) is 2.57. The van der Waals surface area contributed by atoms with E-state index in [4.69, 9.17) is 10.5 Å². The molecule has 29 heavy (non-hydrogen) atoms. The first kappa shape index (κ1) is 18.8. The Morgan fingerprint density at radius 3 is 2.83 bits per heavy atom. The SMILES string of the molecule is CCOc1ccc(Nc2ncccc2C(=O)NC2CCc3cc(N)ccc32)cc1. The number of fused-ring (bicyclic) bond motifs is 1. The number of nitrogens with two attached hydrogens (primary N) is 1. The molecule has 0 bridgehead atoms. The Labute approximate surface area is 170 Å². The number of rotatable bonds is 6. The predicted octanol–water partition coefficient (Wildman–Crippen LogP) is 4.22. The maximum Gasteiger partial charge on any atom is 0.255 e. The van der Waals surface area contributed by atoms with Crippen LogP contribution in [0.15, 0.2) is 60.8 Å². The number of carbonyl (C=O) groups is 1. The summed E-state index contributed by atoms with van der Waals surface area (Å²) in [5.41, 5.74) is 10.3. The largest absolute Gasteiger partial charge is 0.494 e. The molecule has 4 rings (SSSR count). The molecule has 3 aromatic rings. The zero-order valence-corrected chi connectivity index (χ0v) is 16.3. The number of anilines is 3. The normalized spacial score (nSPS) is 14.9. The minimum Gasteiger partial charge on any atom is -0.494 e. The molecule has 2 aromatic carbocycles. The molecule has 1 aliphatic carbocycles. The second kappa shape index (κ2) is 8.22. The van der Waals surface area contributed by atoms with Crippen molar-refractivity contribution in [2.45, 2.75) is 25.8 Å². The molecule has 1 unspecified atom stereocenters. The topological polar surface area (TPSA) is 89.3 Å². The minimum absolute atomic E-state index is 0.0170. The van der Waals surface area contributed by atoms with Gasteiger partial charge in [-0.2, -0.15) is 0 Å². The lowest BCUT2D eigenvalue weighted by atomic mass is 10.1. The van der Waals surface area contributed by atoms with Crippen LogP contribution in [0.3, 0.4) is 0 Å². The molecule has 1 aliphatic rings. The highest BCUT2D eigenvalue weighted by atomic mass is 16.5. The molecule has 6 nitrogen and oxygen atoms in total. The molecule has 0 aliphatic heterocycles. The maximum absolute atomic E-state index is 13.0. The summed E-state index contributed by atoms with van der Waals surface area (Å²) < 4.78 is 5.47. The van der Waals surface area contributed by atoms with Gasteiger partial charge in [-0.15, -0.1) is 0 Å². The van der Waals surface area contributed by atoms with Gasteiger partial charge in [0.2, 0.25) is 0 Å². The highest BCUT2D eigenvalue weighted by Gasteiger charge is 2.25. The molecule has 4 N–H and O–H groups in total. The van der Waals surface area contributed by atoms with Crippen LogP contribution in [0.4, 0.5) is 17.2 Å². The highest BCUT2D eigenvalue weighted by molar-refractivity contribution is 5.99. The van der Waals surface area contributed by atoms with Crippen molar-refractivity contribution in [3.8, 4) is 5.75 Å². The van der Waals surface area contributed by atoms with Crippen molar-refractivity contribution in [3.63, 3.8) is 0 Å². The summed E-state index contributed by atoms with van der Waals surface area (Å²) in [4.78, 5) is 17.4. The van der Waals surface area contributed by atoms with E-state index < -0.39 is 0 Å². The molecule has 0 spiro atoms. The number of nitrogens with zero attached hydrogens (tertiary/aromatic N) is 1. The number of aromatic nitrogens is 1. The highest BCUT2D eigenvalue weighted by Crippen LogP contribution is 2.33. The number of carbonyl (C=O) groups excluding carboxylic acids is 1. The van der Waals surface area contributed by atoms with E-state index in [1.165, 1.54) is 5.56 Å². The van der Waals surface area contributed by atoms with Crippen LogP contribution < -0.4 is 21.1 Å². The van der Waals surface area contributed by atoms with Gasteiger partial charge in [-0.05, 0) is 79.4 Å². The second-order valence-electron chi connectivity index (χ2n) is 7.00. The van der Waals surface area contributed by atoms with Gasteiger partial charge in [-0.25, -0.2) is 4.98 Å². The number of pyridine rings is 1. The molecule has 0 fully saturated rings. The van der Waals surface area contributed by atoms with Crippen LogP contribution >= 0.6 is 0 Å². The number of nitrogen functional groups attached to an aromatic ring is 1. The van der Waals surface area contributed by atoms with E-state index in [1.54, 1.807) is 18.3 Å². The van der Waals surface area contributed by atoms with Crippen molar-refractivity contribution >= 4 is 23.1 Å². The van der Waals surface area contributed by atoms with E-state index in [0.29, 0.717) is 18.0 Å². The smallest absolute Gasteiger partial charge is 0.255 e. The number of benzene rings is 2. The van der Waals surface area contributed by atoms with Crippen molar-refractivity contribution < 1.29 is 9.53 Å². The van der Waals surface area contributed by atoms with E-state index >= 15 is 0 Å². The Morgan fingerprint density at radius 2 is 2.03 bits per heavy atom. The fourth-order valence-corrected chi connectivity index (χ4v) is 3.65. The number of ether oxygens (including phenoxy) is 1. The van der Waals surface area contributed by atoms with Crippen molar-refractivity contribution in [2.75, 3.05) is 17.7 Å². The molecule has 1 heterocycles. The molecule has 1 atom stereocenters. The lowest BCUT2D eigenvalue weighted by Crippen LogP contribution is -2.28. The van der Waals surface area contributed by atoms with Crippen molar-refractivity contribution in [1.29, 1.82) is 0 Å². The van der Waals surface area contributed by atoms with Gasteiger partial charge in [0.25, 0.3) is 5.91 Å². The fourth-order valence-electron chi connectivity index (χ4n) is 3.65. The first-order chi connectivity index (χ1) is 14.1. The van der Waals surface area contributed by atoms with E-state index in [-0.39, 0.29) is 11.9 Å².